The Morgan fingerprint density at radius 1 is 1.21 bits per heavy atom. The van der Waals surface area contributed by atoms with Crippen LogP contribution in [0.15, 0.2) is 24.5 Å². The number of rotatable bonds is 3. The summed E-state index contributed by atoms with van der Waals surface area (Å²) in [5.74, 6) is 0.288. The van der Waals surface area contributed by atoms with Gasteiger partial charge in [0.2, 0.25) is 0 Å². The van der Waals surface area contributed by atoms with Crippen LogP contribution in [0.2, 0.25) is 0 Å². The summed E-state index contributed by atoms with van der Waals surface area (Å²) >= 11 is 0. The van der Waals surface area contributed by atoms with Crippen molar-refractivity contribution in [2.24, 2.45) is 5.92 Å². The van der Waals surface area contributed by atoms with Crippen molar-refractivity contribution in [3.8, 4) is 0 Å². The SMILES string of the molecule is CC(C)COC(=O)N1CCN(C(=O)c2ccc3nc[nH]c3c2)CC1. The van der Waals surface area contributed by atoms with Crippen LogP contribution >= 0.6 is 0 Å². The maximum absolute atomic E-state index is 12.6. The summed E-state index contributed by atoms with van der Waals surface area (Å²) < 4.78 is 5.24. The van der Waals surface area contributed by atoms with Gasteiger partial charge in [0.25, 0.3) is 5.91 Å². The van der Waals surface area contributed by atoms with Crippen molar-refractivity contribution in [3.63, 3.8) is 0 Å². The summed E-state index contributed by atoms with van der Waals surface area (Å²) in [7, 11) is 0. The zero-order valence-electron chi connectivity index (χ0n) is 14.0. The Morgan fingerprint density at radius 3 is 2.62 bits per heavy atom. The molecule has 0 aliphatic carbocycles. The van der Waals surface area contributed by atoms with Crippen LogP contribution in [0, 0.1) is 5.92 Å². The van der Waals surface area contributed by atoms with Crippen molar-refractivity contribution in [2.45, 2.75) is 13.8 Å². The van der Waals surface area contributed by atoms with Gasteiger partial charge in [-0.15, -0.1) is 0 Å². The van der Waals surface area contributed by atoms with Crippen molar-refractivity contribution < 1.29 is 14.3 Å². The molecule has 3 rings (SSSR count). The molecule has 0 spiro atoms. The maximum atomic E-state index is 12.6. The summed E-state index contributed by atoms with van der Waals surface area (Å²) in [6.07, 6.45) is 1.31. The quantitative estimate of drug-likeness (QED) is 0.935. The average molecular weight is 330 g/mol. The van der Waals surface area contributed by atoms with Crippen LogP contribution in [0.25, 0.3) is 11.0 Å². The van der Waals surface area contributed by atoms with Gasteiger partial charge in [-0.2, -0.15) is 0 Å². The molecule has 1 aliphatic heterocycles. The molecule has 2 heterocycles. The number of hydrogen-bond donors (Lipinski definition) is 1. The number of nitrogens with zero attached hydrogens (tertiary/aromatic N) is 3. The molecule has 7 heteroatoms. The third kappa shape index (κ3) is 3.50. The zero-order valence-corrected chi connectivity index (χ0v) is 14.0. The predicted octanol–water partition coefficient (Wildman–Crippen LogP) is 2.11. The molecule has 7 nitrogen and oxygen atoms in total. The predicted molar refractivity (Wildman–Crippen MR) is 89.8 cm³/mol. The molecule has 128 valence electrons. The first-order valence-electron chi connectivity index (χ1n) is 8.18. The molecule has 1 aromatic heterocycles. The lowest BCUT2D eigenvalue weighted by atomic mass is 10.1. The highest BCUT2D eigenvalue weighted by molar-refractivity contribution is 5.97. The van der Waals surface area contributed by atoms with Crippen molar-refractivity contribution in [3.05, 3.63) is 30.1 Å². The van der Waals surface area contributed by atoms with Crippen LogP contribution in [0.5, 0.6) is 0 Å². The Hall–Kier alpha value is -2.57. The Bertz CT molecular complexity index is 732. The highest BCUT2D eigenvalue weighted by Gasteiger charge is 2.25. The third-order valence-electron chi connectivity index (χ3n) is 4.03. The second-order valence-electron chi connectivity index (χ2n) is 6.38. The molecule has 1 aliphatic rings. The largest absolute Gasteiger partial charge is 0.449 e. The Morgan fingerprint density at radius 2 is 1.92 bits per heavy atom. The Kier molecular flexibility index (Phi) is 4.69. The van der Waals surface area contributed by atoms with Crippen molar-refractivity contribution in [2.75, 3.05) is 32.8 Å². The van der Waals surface area contributed by atoms with E-state index in [4.69, 9.17) is 4.74 Å². The van der Waals surface area contributed by atoms with Gasteiger partial charge in [0.15, 0.2) is 0 Å². The topological polar surface area (TPSA) is 78.5 Å². The zero-order chi connectivity index (χ0) is 17.1. The molecule has 0 bridgehead atoms. The number of imidazole rings is 1. The fourth-order valence-corrected chi connectivity index (χ4v) is 2.67. The van der Waals surface area contributed by atoms with Gasteiger partial charge in [-0.1, -0.05) is 13.8 Å². The van der Waals surface area contributed by atoms with E-state index in [9.17, 15) is 9.59 Å². The monoisotopic (exact) mass is 330 g/mol. The van der Waals surface area contributed by atoms with Gasteiger partial charge in [-0.05, 0) is 24.1 Å². The molecule has 1 saturated heterocycles. The lowest BCUT2D eigenvalue weighted by Gasteiger charge is -2.34. The van der Waals surface area contributed by atoms with E-state index in [0.29, 0.717) is 44.3 Å². The minimum atomic E-state index is -0.297. The fourth-order valence-electron chi connectivity index (χ4n) is 2.67. The number of H-pyrrole nitrogens is 1. The number of ether oxygens (including phenoxy) is 1. The van der Waals surface area contributed by atoms with E-state index >= 15 is 0 Å². The van der Waals surface area contributed by atoms with Crippen molar-refractivity contribution >= 4 is 23.0 Å². The molecular weight excluding hydrogens is 308 g/mol. The molecule has 0 atom stereocenters. The van der Waals surface area contributed by atoms with Gasteiger partial charge in [0, 0.05) is 31.7 Å². The maximum Gasteiger partial charge on any atom is 0.409 e. The van der Waals surface area contributed by atoms with Gasteiger partial charge < -0.3 is 19.5 Å². The van der Waals surface area contributed by atoms with E-state index in [2.05, 4.69) is 9.97 Å². The Labute approximate surface area is 140 Å². The summed E-state index contributed by atoms with van der Waals surface area (Å²) in [6.45, 7) is 6.43. The number of nitrogens with one attached hydrogen (secondary N) is 1. The molecule has 24 heavy (non-hydrogen) atoms. The van der Waals surface area contributed by atoms with Gasteiger partial charge >= 0.3 is 6.09 Å². The standard InChI is InChI=1S/C17H22N4O3/c1-12(2)10-24-17(23)21-7-5-20(6-8-21)16(22)13-3-4-14-15(9-13)19-11-18-14/h3-4,9,11-12H,5-8,10H2,1-2H3,(H,18,19). The van der Waals surface area contributed by atoms with E-state index in [1.165, 1.54) is 0 Å². The van der Waals surface area contributed by atoms with Crippen LogP contribution in [-0.2, 0) is 4.74 Å². The number of fused-ring (bicyclic) bond motifs is 1. The van der Waals surface area contributed by atoms with Gasteiger partial charge in [-0.3, -0.25) is 4.79 Å². The average Bonchev–Trinajstić information content (AvgIpc) is 3.06. The highest BCUT2D eigenvalue weighted by Crippen LogP contribution is 2.15. The normalized spacial score (nSPS) is 15.1. The van der Waals surface area contributed by atoms with Gasteiger partial charge in [0.1, 0.15) is 0 Å². The van der Waals surface area contributed by atoms with E-state index in [1.54, 1.807) is 22.2 Å². The van der Waals surface area contributed by atoms with E-state index in [1.807, 2.05) is 26.0 Å². The third-order valence-corrected chi connectivity index (χ3v) is 4.03. The summed E-state index contributed by atoms with van der Waals surface area (Å²) in [6, 6.07) is 5.43. The fraction of sp³-hybridized carbons (Fsp3) is 0.471. The van der Waals surface area contributed by atoms with Crippen LogP contribution in [0.1, 0.15) is 24.2 Å². The van der Waals surface area contributed by atoms with E-state index in [-0.39, 0.29) is 12.0 Å². The van der Waals surface area contributed by atoms with Gasteiger partial charge in [0.05, 0.1) is 24.0 Å². The summed E-state index contributed by atoms with van der Waals surface area (Å²) in [5.41, 5.74) is 2.31. The van der Waals surface area contributed by atoms with Gasteiger partial charge in [-0.25, -0.2) is 9.78 Å². The first-order valence-corrected chi connectivity index (χ1v) is 8.18. The second-order valence-corrected chi connectivity index (χ2v) is 6.38. The van der Waals surface area contributed by atoms with E-state index in [0.717, 1.165) is 11.0 Å². The second kappa shape index (κ2) is 6.90. The molecular formula is C17H22N4O3. The molecule has 1 N–H and O–H groups in total. The Balaban J connectivity index is 1.57. The lowest BCUT2D eigenvalue weighted by molar-refractivity contribution is 0.0535. The molecule has 0 saturated carbocycles. The summed E-state index contributed by atoms with van der Waals surface area (Å²) in [4.78, 5) is 35.2. The first-order chi connectivity index (χ1) is 11.5. The number of hydrogen-bond acceptors (Lipinski definition) is 4. The van der Waals surface area contributed by atoms with Crippen molar-refractivity contribution in [1.82, 2.24) is 19.8 Å². The summed E-state index contributed by atoms with van der Waals surface area (Å²) in [5, 5.41) is 0. The van der Waals surface area contributed by atoms with Crippen LogP contribution in [0.4, 0.5) is 4.79 Å². The molecule has 1 aromatic carbocycles. The number of piperazine rings is 1. The number of aromatic amines is 1. The van der Waals surface area contributed by atoms with E-state index < -0.39 is 0 Å². The number of aromatic nitrogens is 2. The number of carbonyl (C=O) groups is 2. The molecule has 2 aromatic rings. The van der Waals surface area contributed by atoms with Crippen LogP contribution in [0.3, 0.4) is 0 Å². The minimum Gasteiger partial charge on any atom is -0.449 e. The smallest absolute Gasteiger partial charge is 0.409 e. The lowest BCUT2D eigenvalue weighted by Crippen LogP contribution is -2.50. The highest BCUT2D eigenvalue weighted by atomic mass is 16.6. The molecule has 0 radical (unpaired) electrons. The first kappa shape index (κ1) is 16.3. The van der Waals surface area contributed by atoms with Crippen LogP contribution in [-0.4, -0.2) is 64.6 Å². The number of carbonyl (C=O) groups excluding carboxylic acids is 2. The molecule has 2 amide bonds. The minimum absolute atomic E-state index is 0.0262. The van der Waals surface area contributed by atoms with Crippen LogP contribution < -0.4 is 0 Å². The molecule has 0 unspecified atom stereocenters. The number of amides is 2. The van der Waals surface area contributed by atoms with Crippen molar-refractivity contribution in [1.29, 1.82) is 0 Å². The molecule has 1 fully saturated rings. The number of benzene rings is 1.